The second kappa shape index (κ2) is 5.90. The molecular formula is C10H17N. The first-order chi connectivity index (χ1) is 5.26. The van der Waals surface area contributed by atoms with Crippen LogP contribution in [0, 0.1) is 0 Å². The fourth-order valence-electron chi connectivity index (χ4n) is 0.972. The highest BCUT2D eigenvalue weighted by atomic mass is 14.7. The summed E-state index contributed by atoms with van der Waals surface area (Å²) in [6.45, 7) is 8.15. The van der Waals surface area contributed by atoms with Gasteiger partial charge >= 0.3 is 0 Å². The first kappa shape index (κ1) is 10.2. The predicted molar refractivity (Wildman–Crippen MR) is 52.0 cm³/mol. The Labute approximate surface area is 69.5 Å². The van der Waals surface area contributed by atoms with Crippen LogP contribution in [0.2, 0.25) is 0 Å². The Morgan fingerprint density at radius 2 is 2.00 bits per heavy atom. The molecule has 0 aromatic carbocycles. The summed E-state index contributed by atoms with van der Waals surface area (Å²) in [6.07, 6.45) is 7.04. The van der Waals surface area contributed by atoms with E-state index in [1.807, 2.05) is 33.1 Å². The van der Waals surface area contributed by atoms with Gasteiger partial charge in [0.25, 0.3) is 0 Å². The summed E-state index contributed by atoms with van der Waals surface area (Å²) in [5.41, 5.74) is 2.43. The summed E-state index contributed by atoms with van der Waals surface area (Å²) in [4.78, 5) is 4.22. The van der Waals surface area contributed by atoms with E-state index in [1.54, 1.807) is 0 Å². The van der Waals surface area contributed by atoms with Gasteiger partial charge < -0.3 is 0 Å². The molecule has 0 aromatic heterocycles. The average Bonchev–Trinajstić information content (AvgIpc) is 2.00. The molecule has 62 valence electrons. The largest absolute Gasteiger partial charge is 0.266 e. The van der Waals surface area contributed by atoms with Crippen molar-refractivity contribution in [2.75, 3.05) is 0 Å². The van der Waals surface area contributed by atoms with Gasteiger partial charge in [0.1, 0.15) is 0 Å². The van der Waals surface area contributed by atoms with E-state index in [2.05, 4.69) is 18.0 Å². The summed E-state index contributed by atoms with van der Waals surface area (Å²) in [7, 11) is 0. The third-order valence-corrected chi connectivity index (χ3v) is 1.54. The zero-order valence-electron chi connectivity index (χ0n) is 7.89. The molecule has 0 aliphatic heterocycles. The van der Waals surface area contributed by atoms with Crippen LogP contribution in [0.15, 0.2) is 28.4 Å². The Balaban J connectivity index is 4.52. The van der Waals surface area contributed by atoms with Crippen molar-refractivity contribution in [3.63, 3.8) is 0 Å². The molecule has 0 aliphatic carbocycles. The lowest BCUT2D eigenvalue weighted by molar-refractivity contribution is 1.08. The van der Waals surface area contributed by atoms with Crippen LogP contribution < -0.4 is 0 Å². The van der Waals surface area contributed by atoms with E-state index < -0.39 is 0 Å². The van der Waals surface area contributed by atoms with E-state index in [0.29, 0.717) is 0 Å². The summed E-state index contributed by atoms with van der Waals surface area (Å²) in [5.74, 6) is 0. The lowest BCUT2D eigenvalue weighted by atomic mass is 10.1. The van der Waals surface area contributed by atoms with Crippen LogP contribution in [-0.4, -0.2) is 6.21 Å². The van der Waals surface area contributed by atoms with Gasteiger partial charge in [0.15, 0.2) is 0 Å². The van der Waals surface area contributed by atoms with E-state index in [9.17, 15) is 0 Å². The second-order valence-electron chi connectivity index (χ2n) is 2.35. The number of allylic oxidation sites excluding steroid dienone is 4. The third-order valence-electron chi connectivity index (χ3n) is 1.54. The van der Waals surface area contributed by atoms with Gasteiger partial charge in [0.2, 0.25) is 0 Å². The Hall–Kier alpha value is -0.850. The van der Waals surface area contributed by atoms with Crippen LogP contribution in [0.5, 0.6) is 0 Å². The highest BCUT2D eigenvalue weighted by molar-refractivity contribution is 5.55. The molecule has 11 heavy (non-hydrogen) atoms. The van der Waals surface area contributed by atoms with Gasteiger partial charge in [0.05, 0.1) is 0 Å². The molecule has 0 spiro atoms. The minimum atomic E-state index is 1.05. The Kier molecular flexibility index (Phi) is 5.44. The molecular weight excluding hydrogens is 134 g/mol. The van der Waals surface area contributed by atoms with Crippen molar-refractivity contribution in [3.05, 3.63) is 23.4 Å². The molecule has 1 heteroatoms. The Morgan fingerprint density at radius 3 is 2.36 bits per heavy atom. The number of nitrogens with zero attached hydrogens (tertiary/aromatic N) is 1. The molecule has 0 amide bonds. The van der Waals surface area contributed by atoms with E-state index in [0.717, 1.165) is 12.1 Å². The highest BCUT2D eigenvalue weighted by Crippen LogP contribution is 2.10. The maximum Gasteiger partial charge on any atom is 0.0400 e. The van der Waals surface area contributed by atoms with Gasteiger partial charge in [-0.1, -0.05) is 19.1 Å². The standard InChI is InChI=1S/C10H17N/c1-5-8-10(6-2)9(4)11-7-3/h5,7-8H,6H2,1-4H3/b8-5-,10-9-,11-7?. The summed E-state index contributed by atoms with van der Waals surface area (Å²) < 4.78 is 0. The van der Waals surface area contributed by atoms with Crippen LogP contribution in [0.25, 0.3) is 0 Å². The zero-order valence-corrected chi connectivity index (χ0v) is 7.89. The Bertz CT molecular complexity index is 185. The van der Waals surface area contributed by atoms with Gasteiger partial charge in [-0.2, -0.15) is 0 Å². The van der Waals surface area contributed by atoms with Gasteiger partial charge in [-0.15, -0.1) is 0 Å². The lowest BCUT2D eigenvalue weighted by Gasteiger charge is -1.99. The maximum atomic E-state index is 4.22. The van der Waals surface area contributed by atoms with Crippen LogP contribution in [0.1, 0.15) is 34.1 Å². The number of aliphatic imine (C=N–C) groups is 1. The molecule has 0 rings (SSSR count). The quantitative estimate of drug-likeness (QED) is 0.433. The fourth-order valence-corrected chi connectivity index (χ4v) is 0.972. The summed E-state index contributed by atoms with van der Waals surface area (Å²) >= 11 is 0. The van der Waals surface area contributed by atoms with Crippen molar-refractivity contribution in [2.24, 2.45) is 4.99 Å². The monoisotopic (exact) mass is 151 g/mol. The van der Waals surface area contributed by atoms with Crippen LogP contribution in [-0.2, 0) is 0 Å². The molecule has 0 saturated carbocycles. The molecule has 0 aliphatic rings. The van der Waals surface area contributed by atoms with Crippen molar-refractivity contribution < 1.29 is 0 Å². The van der Waals surface area contributed by atoms with Crippen LogP contribution in [0.4, 0.5) is 0 Å². The molecule has 0 unspecified atom stereocenters. The molecule has 1 nitrogen and oxygen atoms in total. The SMILES string of the molecule is CC=N/C(C)=C(\C=C/C)CC. The van der Waals surface area contributed by atoms with Crippen molar-refractivity contribution in [1.82, 2.24) is 0 Å². The van der Waals surface area contributed by atoms with Gasteiger partial charge in [-0.25, -0.2) is 0 Å². The zero-order chi connectivity index (χ0) is 8.69. The molecule has 0 radical (unpaired) electrons. The summed E-state index contributed by atoms with van der Waals surface area (Å²) in [6, 6.07) is 0. The van der Waals surface area contributed by atoms with Crippen molar-refractivity contribution in [1.29, 1.82) is 0 Å². The van der Waals surface area contributed by atoms with Gasteiger partial charge in [-0.05, 0) is 32.8 Å². The molecule has 0 fully saturated rings. The molecule has 0 aromatic rings. The minimum Gasteiger partial charge on any atom is -0.266 e. The Morgan fingerprint density at radius 1 is 1.36 bits per heavy atom. The lowest BCUT2D eigenvalue weighted by Crippen LogP contribution is -1.80. The third kappa shape index (κ3) is 3.76. The average molecular weight is 151 g/mol. The maximum absolute atomic E-state index is 4.22. The van der Waals surface area contributed by atoms with Gasteiger partial charge in [-0.3, -0.25) is 4.99 Å². The smallest absolute Gasteiger partial charge is 0.0400 e. The van der Waals surface area contributed by atoms with Crippen LogP contribution in [0.3, 0.4) is 0 Å². The van der Waals surface area contributed by atoms with Crippen molar-refractivity contribution >= 4 is 6.21 Å². The van der Waals surface area contributed by atoms with E-state index in [1.165, 1.54) is 5.57 Å². The predicted octanol–water partition coefficient (Wildman–Crippen LogP) is 3.34. The number of hydrogen-bond donors (Lipinski definition) is 0. The first-order valence-corrected chi connectivity index (χ1v) is 4.07. The molecule has 0 saturated heterocycles. The minimum absolute atomic E-state index is 1.05. The van der Waals surface area contributed by atoms with Crippen LogP contribution >= 0.6 is 0 Å². The topological polar surface area (TPSA) is 12.4 Å². The highest BCUT2D eigenvalue weighted by Gasteiger charge is 1.91. The molecule has 0 atom stereocenters. The van der Waals surface area contributed by atoms with E-state index >= 15 is 0 Å². The van der Waals surface area contributed by atoms with E-state index in [-0.39, 0.29) is 0 Å². The van der Waals surface area contributed by atoms with Gasteiger partial charge in [0, 0.05) is 11.9 Å². The van der Waals surface area contributed by atoms with Crippen molar-refractivity contribution in [2.45, 2.75) is 34.1 Å². The number of hydrogen-bond acceptors (Lipinski definition) is 1. The molecule has 0 heterocycles. The summed E-state index contributed by atoms with van der Waals surface area (Å²) in [5, 5.41) is 0. The first-order valence-electron chi connectivity index (χ1n) is 4.07. The van der Waals surface area contributed by atoms with E-state index in [4.69, 9.17) is 0 Å². The normalized spacial score (nSPS) is 14.5. The number of rotatable bonds is 3. The van der Waals surface area contributed by atoms with Crippen molar-refractivity contribution in [3.8, 4) is 0 Å². The molecule has 0 N–H and O–H groups in total. The second-order valence-corrected chi connectivity index (χ2v) is 2.35. The fraction of sp³-hybridized carbons (Fsp3) is 0.500. The molecule has 0 bridgehead atoms.